The quantitative estimate of drug-likeness (QED) is 0.636. The summed E-state index contributed by atoms with van der Waals surface area (Å²) < 4.78 is 32.7. The van der Waals surface area contributed by atoms with Crippen molar-refractivity contribution in [3.63, 3.8) is 0 Å². The van der Waals surface area contributed by atoms with Crippen LogP contribution in [0.25, 0.3) is 0 Å². The number of hydrogen-bond acceptors (Lipinski definition) is 7. The number of thiophene rings is 1. The second kappa shape index (κ2) is 7.71. The highest BCUT2D eigenvalue weighted by Gasteiger charge is 2.16. The standard InChI is InChI=1S/C17H18N4O3S2/c1-12(2)24-14-7-4-3-6-13(14)18-15-9-10-16(20-19-15)21-26(22,23)17-8-5-11-25-17/h3-12H,1-2H3,(H,18,19)(H,20,21). The summed E-state index contributed by atoms with van der Waals surface area (Å²) in [6.45, 7) is 3.90. The summed E-state index contributed by atoms with van der Waals surface area (Å²) in [7, 11) is -3.64. The Hall–Kier alpha value is -2.65. The van der Waals surface area contributed by atoms with Gasteiger partial charge in [-0.3, -0.25) is 4.72 Å². The molecule has 26 heavy (non-hydrogen) atoms. The first-order chi connectivity index (χ1) is 12.4. The highest BCUT2D eigenvalue weighted by atomic mass is 32.2. The summed E-state index contributed by atoms with van der Waals surface area (Å²) in [5, 5.41) is 12.8. The van der Waals surface area contributed by atoms with Crippen LogP contribution in [0, 0.1) is 0 Å². The number of aromatic nitrogens is 2. The number of nitrogens with zero attached hydrogens (tertiary/aromatic N) is 2. The van der Waals surface area contributed by atoms with Crippen molar-refractivity contribution < 1.29 is 13.2 Å². The lowest BCUT2D eigenvalue weighted by molar-refractivity contribution is 0.244. The second-order valence-corrected chi connectivity index (χ2v) is 8.49. The monoisotopic (exact) mass is 390 g/mol. The predicted octanol–water partition coefficient (Wildman–Crippen LogP) is 3.87. The lowest BCUT2D eigenvalue weighted by Gasteiger charge is -2.15. The third-order valence-corrected chi connectivity index (χ3v) is 5.93. The molecule has 2 aromatic heterocycles. The summed E-state index contributed by atoms with van der Waals surface area (Å²) in [5.74, 6) is 1.33. The average molecular weight is 390 g/mol. The Morgan fingerprint density at radius 3 is 2.38 bits per heavy atom. The van der Waals surface area contributed by atoms with Crippen molar-refractivity contribution in [2.24, 2.45) is 0 Å². The van der Waals surface area contributed by atoms with Crippen LogP contribution in [0.2, 0.25) is 0 Å². The van der Waals surface area contributed by atoms with Gasteiger partial charge < -0.3 is 10.1 Å². The summed E-state index contributed by atoms with van der Waals surface area (Å²) in [5.41, 5.74) is 0.752. The lowest BCUT2D eigenvalue weighted by Crippen LogP contribution is -2.13. The summed E-state index contributed by atoms with van der Waals surface area (Å²) in [4.78, 5) is 0. The lowest BCUT2D eigenvalue weighted by atomic mass is 10.3. The largest absolute Gasteiger partial charge is 0.489 e. The Morgan fingerprint density at radius 1 is 1.00 bits per heavy atom. The molecule has 2 heterocycles. The van der Waals surface area contributed by atoms with Crippen LogP contribution in [0.15, 0.2) is 58.1 Å². The Labute approximate surface area is 156 Å². The first-order valence-electron chi connectivity index (χ1n) is 7.87. The molecule has 0 saturated heterocycles. The maximum Gasteiger partial charge on any atom is 0.272 e. The molecule has 0 saturated carbocycles. The van der Waals surface area contributed by atoms with Crippen molar-refractivity contribution in [2.75, 3.05) is 10.0 Å². The van der Waals surface area contributed by atoms with Gasteiger partial charge in [0.05, 0.1) is 11.8 Å². The van der Waals surface area contributed by atoms with Gasteiger partial charge in [-0.1, -0.05) is 18.2 Å². The minimum absolute atomic E-state index is 0.0399. The molecule has 136 valence electrons. The van der Waals surface area contributed by atoms with E-state index in [9.17, 15) is 8.42 Å². The van der Waals surface area contributed by atoms with E-state index in [0.717, 1.165) is 17.0 Å². The zero-order valence-corrected chi connectivity index (χ0v) is 15.8. The van der Waals surface area contributed by atoms with E-state index in [-0.39, 0.29) is 16.1 Å². The number of sulfonamides is 1. The first kappa shape index (κ1) is 18.2. The number of para-hydroxylation sites is 2. The van der Waals surface area contributed by atoms with Crippen LogP contribution in [-0.2, 0) is 10.0 Å². The van der Waals surface area contributed by atoms with Crippen LogP contribution in [0.1, 0.15) is 13.8 Å². The molecule has 0 bridgehead atoms. The van der Waals surface area contributed by atoms with Crippen LogP contribution in [-0.4, -0.2) is 24.7 Å². The fourth-order valence-electron chi connectivity index (χ4n) is 2.12. The van der Waals surface area contributed by atoms with E-state index in [1.54, 1.807) is 23.6 Å². The number of nitrogens with one attached hydrogen (secondary N) is 2. The molecular formula is C17H18N4O3S2. The van der Waals surface area contributed by atoms with Crippen molar-refractivity contribution in [2.45, 2.75) is 24.2 Å². The third-order valence-electron chi connectivity index (χ3n) is 3.18. The molecule has 0 radical (unpaired) electrons. The van der Waals surface area contributed by atoms with Gasteiger partial charge in [0.1, 0.15) is 9.96 Å². The van der Waals surface area contributed by atoms with Crippen LogP contribution in [0.4, 0.5) is 17.3 Å². The smallest absolute Gasteiger partial charge is 0.272 e. The average Bonchev–Trinajstić information content (AvgIpc) is 3.13. The van der Waals surface area contributed by atoms with Gasteiger partial charge in [0.25, 0.3) is 10.0 Å². The van der Waals surface area contributed by atoms with E-state index in [0.29, 0.717) is 11.6 Å². The summed E-state index contributed by atoms with van der Waals surface area (Å²) in [6.07, 6.45) is 0.0399. The molecule has 0 aliphatic heterocycles. The topological polar surface area (TPSA) is 93.2 Å². The van der Waals surface area contributed by atoms with Gasteiger partial charge in [-0.25, -0.2) is 8.42 Å². The normalized spacial score (nSPS) is 11.3. The van der Waals surface area contributed by atoms with Crippen LogP contribution in [0.5, 0.6) is 5.75 Å². The highest BCUT2D eigenvalue weighted by molar-refractivity contribution is 7.94. The van der Waals surface area contributed by atoms with Gasteiger partial charge in [-0.05, 0) is 49.6 Å². The molecule has 3 aromatic rings. The Morgan fingerprint density at radius 2 is 1.73 bits per heavy atom. The SMILES string of the molecule is CC(C)Oc1ccccc1Nc1ccc(NS(=O)(=O)c2cccs2)nn1. The minimum atomic E-state index is -3.64. The van der Waals surface area contributed by atoms with Crippen LogP contribution >= 0.6 is 11.3 Å². The van der Waals surface area contributed by atoms with Crippen LogP contribution in [0.3, 0.4) is 0 Å². The molecule has 0 unspecified atom stereocenters. The van der Waals surface area contributed by atoms with Crippen LogP contribution < -0.4 is 14.8 Å². The molecule has 1 aromatic carbocycles. The molecule has 7 nitrogen and oxygen atoms in total. The van der Waals surface area contributed by atoms with Gasteiger partial charge in [-0.15, -0.1) is 21.5 Å². The second-order valence-electron chi connectivity index (χ2n) is 5.63. The molecule has 0 spiro atoms. The Kier molecular flexibility index (Phi) is 5.38. The molecular weight excluding hydrogens is 372 g/mol. The Bertz CT molecular complexity index is 956. The molecule has 2 N–H and O–H groups in total. The van der Waals surface area contributed by atoms with Gasteiger partial charge >= 0.3 is 0 Å². The van der Waals surface area contributed by atoms with E-state index < -0.39 is 10.0 Å². The van der Waals surface area contributed by atoms with E-state index in [1.807, 2.05) is 38.1 Å². The van der Waals surface area contributed by atoms with Crippen molar-refractivity contribution in [1.29, 1.82) is 0 Å². The molecule has 0 aliphatic rings. The number of rotatable bonds is 7. The number of benzene rings is 1. The van der Waals surface area contributed by atoms with E-state index in [4.69, 9.17) is 4.74 Å². The van der Waals surface area contributed by atoms with E-state index >= 15 is 0 Å². The molecule has 0 amide bonds. The van der Waals surface area contributed by atoms with Crippen molar-refractivity contribution in [3.05, 3.63) is 53.9 Å². The maximum absolute atomic E-state index is 12.2. The van der Waals surface area contributed by atoms with Crippen molar-refractivity contribution in [1.82, 2.24) is 10.2 Å². The summed E-state index contributed by atoms with van der Waals surface area (Å²) >= 11 is 1.14. The Balaban J connectivity index is 1.73. The third kappa shape index (κ3) is 4.50. The number of anilines is 3. The fourth-order valence-corrected chi connectivity index (χ4v) is 4.11. The van der Waals surface area contributed by atoms with E-state index in [2.05, 4.69) is 20.2 Å². The van der Waals surface area contributed by atoms with Gasteiger partial charge in [0.15, 0.2) is 11.6 Å². The highest BCUT2D eigenvalue weighted by Crippen LogP contribution is 2.27. The fraction of sp³-hybridized carbons (Fsp3) is 0.176. The zero-order chi connectivity index (χ0) is 18.6. The zero-order valence-electron chi connectivity index (χ0n) is 14.2. The molecule has 0 aliphatic carbocycles. The molecule has 3 rings (SSSR count). The predicted molar refractivity (Wildman–Crippen MR) is 103 cm³/mol. The maximum atomic E-state index is 12.2. The molecule has 9 heteroatoms. The minimum Gasteiger partial charge on any atom is -0.489 e. The van der Waals surface area contributed by atoms with Gasteiger partial charge in [0.2, 0.25) is 0 Å². The van der Waals surface area contributed by atoms with Gasteiger partial charge in [0, 0.05) is 0 Å². The van der Waals surface area contributed by atoms with Crippen molar-refractivity contribution >= 4 is 38.7 Å². The molecule has 0 atom stereocenters. The summed E-state index contributed by atoms with van der Waals surface area (Å²) in [6, 6.07) is 13.9. The number of ether oxygens (including phenoxy) is 1. The number of hydrogen-bond donors (Lipinski definition) is 2. The van der Waals surface area contributed by atoms with Gasteiger partial charge in [-0.2, -0.15) is 0 Å². The first-order valence-corrected chi connectivity index (χ1v) is 10.2. The van der Waals surface area contributed by atoms with Crippen molar-refractivity contribution in [3.8, 4) is 5.75 Å². The van der Waals surface area contributed by atoms with E-state index in [1.165, 1.54) is 6.07 Å². The molecule has 0 fully saturated rings.